The molecule has 0 aliphatic heterocycles. The molecule has 110 valence electrons. The molecule has 21 heavy (non-hydrogen) atoms. The first-order valence-corrected chi connectivity index (χ1v) is 6.80. The molecule has 5 nitrogen and oxygen atoms in total. The lowest BCUT2D eigenvalue weighted by molar-refractivity contribution is -0.384. The van der Waals surface area contributed by atoms with Crippen LogP contribution in [0.5, 0.6) is 0 Å². The number of non-ortho nitro benzene ring substituents is 1. The lowest BCUT2D eigenvalue weighted by Gasteiger charge is -2.28. The van der Waals surface area contributed by atoms with Crippen molar-refractivity contribution in [2.45, 2.75) is 13.0 Å². The van der Waals surface area contributed by atoms with Gasteiger partial charge in [-0.1, -0.05) is 29.8 Å². The summed E-state index contributed by atoms with van der Waals surface area (Å²) in [5.41, 5.74) is 7.71. The van der Waals surface area contributed by atoms with Crippen LogP contribution in [0.3, 0.4) is 0 Å². The zero-order chi connectivity index (χ0) is 15.6. The van der Waals surface area contributed by atoms with E-state index in [-0.39, 0.29) is 11.7 Å². The van der Waals surface area contributed by atoms with Gasteiger partial charge in [-0.15, -0.1) is 0 Å². The molecule has 0 amide bonds. The molecular formula is C15H16ClN3O2. The second-order valence-electron chi connectivity index (χ2n) is 4.85. The van der Waals surface area contributed by atoms with E-state index in [1.807, 2.05) is 43.1 Å². The van der Waals surface area contributed by atoms with Gasteiger partial charge >= 0.3 is 0 Å². The SMILES string of the molecule is CC(c1ccccc1Cl)N(C)c1cc(N)cc([N+](=O)[O-])c1. The van der Waals surface area contributed by atoms with Gasteiger partial charge in [0.15, 0.2) is 0 Å². The van der Waals surface area contributed by atoms with Crippen molar-refractivity contribution in [1.82, 2.24) is 0 Å². The Morgan fingerprint density at radius 3 is 2.57 bits per heavy atom. The molecule has 2 aromatic carbocycles. The predicted octanol–water partition coefficient (Wildman–Crippen LogP) is 4.03. The van der Waals surface area contributed by atoms with Crippen LogP contribution in [0.1, 0.15) is 18.5 Å². The molecule has 0 saturated heterocycles. The van der Waals surface area contributed by atoms with Crippen molar-refractivity contribution >= 4 is 28.7 Å². The summed E-state index contributed by atoms with van der Waals surface area (Å²) in [6.07, 6.45) is 0. The zero-order valence-electron chi connectivity index (χ0n) is 11.8. The Bertz CT molecular complexity index is 676. The standard InChI is InChI=1S/C15H16ClN3O2/c1-10(14-5-3-4-6-15(14)16)18(2)12-7-11(17)8-13(9-12)19(20)21/h3-10H,17H2,1-2H3. The average molecular weight is 306 g/mol. The van der Waals surface area contributed by atoms with Gasteiger partial charge in [0, 0.05) is 35.6 Å². The van der Waals surface area contributed by atoms with Gasteiger partial charge in [-0.25, -0.2) is 0 Å². The van der Waals surface area contributed by atoms with Crippen LogP contribution in [0.2, 0.25) is 5.02 Å². The smallest absolute Gasteiger partial charge is 0.273 e. The summed E-state index contributed by atoms with van der Waals surface area (Å²) in [4.78, 5) is 12.4. The summed E-state index contributed by atoms with van der Waals surface area (Å²) in [5.74, 6) is 0. The summed E-state index contributed by atoms with van der Waals surface area (Å²) in [7, 11) is 1.85. The van der Waals surface area contributed by atoms with E-state index in [9.17, 15) is 10.1 Å². The normalized spacial score (nSPS) is 12.0. The van der Waals surface area contributed by atoms with E-state index in [1.54, 1.807) is 6.07 Å². The van der Waals surface area contributed by atoms with Crippen molar-refractivity contribution in [3.05, 3.63) is 63.2 Å². The third-order valence-corrected chi connectivity index (χ3v) is 3.82. The number of nitro groups is 1. The van der Waals surface area contributed by atoms with Gasteiger partial charge in [0.25, 0.3) is 5.69 Å². The van der Waals surface area contributed by atoms with Gasteiger partial charge in [-0.2, -0.15) is 0 Å². The Balaban J connectivity index is 2.38. The summed E-state index contributed by atoms with van der Waals surface area (Å²) >= 11 is 6.20. The molecule has 2 rings (SSSR count). The average Bonchev–Trinajstić information content (AvgIpc) is 2.45. The van der Waals surface area contributed by atoms with Crippen LogP contribution in [-0.2, 0) is 0 Å². The van der Waals surface area contributed by atoms with Crippen LogP contribution in [0.15, 0.2) is 42.5 Å². The number of nitrogens with two attached hydrogens (primary N) is 1. The van der Waals surface area contributed by atoms with E-state index in [0.717, 1.165) is 5.56 Å². The van der Waals surface area contributed by atoms with Crippen LogP contribution in [0, 0.1) is 10.1 Å². The first-order valence-electron chi connectivity index (χ1n) is 6.42. The number of hydrogen-bond acceptors (Lipinski definition) is 4. The lowest BCUT2D eigenvalue weighted by Crippen LogP contribution is -2.22. The molecule has 0 radical (unpaired) electrons. The molecule has 1 atom stereocenters. The van der Waals surface area contributed by atoms with Crippen molar-refractivity contribution in [3.63, 3.8) is 0 Å². The Hall–Kier alpha value is -2.27. The molecule has 0 fully saturated rings. The van der Waals surface area contributed by atoms with E-state index in [4.69, 9.17) is 17.3 Å². The first kappa shape index (κ1) is 15.1. The quantitative estimate of drug-likeness (QED) is 0.526. The highest BCUT2D eigenvalue weighted by Crippen LogP contribution is 2.32. The largest absolute Gasteiger partial charge is 0.398 e. The fourth-order valence-electron chi connectivity index (χ4n) is 2.17. The van der Waals surface area contributed by atoms with Crippen molar-refractivity contribution in [2.75, 3.05) is 17.7 Å². The van der Waals surface area contributed by atoms with E-state index < -0.39 is 4.92 Å². The Morgan fingerprint density at radius 2 is 1.95 bits per heavy atom. The van der Waals surface area contributed by atoms with Crippen molar-refractivity contribution in [1.29, 1.82) is 0 Å². The molecule has 0 spiro atoms. The number of nitrogen functional groups attached to an aromatic ring is 1. The topological polar surface area (TPSA) is 72.4 Å². The second-order valence-corrected chi connectivity index (χ2v) is 5.26. The highest BCUT2D eigenvalue weighted by molar-refractivity contribution is 6.31. The lowest BCUT2D eigenvalue weighted by atomic mass is 10.1. The summed E-state index contributed by atoms with van der Waals surface area (Å²) in [6.45, 7) is 1.98. The molecule has 0 saturated carbocycles. The number of halogens is 1. The third-order valence-electron chi connectivity index (χ3n) is 3.48. The molecule has 1 unspecified atom stereocenters. The molecule has 0 aliphatic carbocycles. The van der Waals surface area contributed by atoms with Gasteiger partial charge in [0.2, 0.25) is 0 Å². The fraction of sp³-hybridized carbons (Fsp3) is 0.200. The highest BCUT2D eigenvalue weighted by Gasteiger charge is 2.18. The number of rotatable bonds is 4. The second kappa shape index (κ2) is 6.01. The van der Waals surface area contributed by atoms with Crippen LogP contribution in [0.25, 0.3) is 0 Å². The number of hydrogen-bond donors (Lipinski definition) is 1. The molecule has 2 N–H and O–H groups in total. The molecular weight excluding hydrogens is 290 g/mol. The monoisotopic (exact) mass is 305 g/mol. The minimum absolute atomic E-state index is 0.0248. The van der Waals surface area contributed by atoms with Gasteiger partial charge in [0.1, 0.15) is 0 Å². The zero-order valence-corrected chi connectivity index (χ0v) is 12.5. The van der Waals surface area contributed by atoms with E-state index in [2.05, 4.69) is 0 Å². The summed E-state index contributed by atoms with van der Waals surface area (Å²) in [5, 5.41) is 11.6. The van der Waals surface area contributed by atoms with Crippen molar-refractivity contribution in [3.8, 4) is 0 Å². The van der Waals surface area contributed by atoms with Gasteiger partial charge in [0.05, 0.1) is 11.0 Å². The van der Waals surface area contributed by atoms with Crippen LogP contribution in [-0.4, -0.2) is 12.0 Å². The Kier molecular flexibility index (Phi) is 4.33. The number of benzene rings is 2. The van der Waals surface area contributed by atoms with Gasteiger partial charge < -0.3 is 10.6 Å². The van der Waals surface area contributed by atoms with Crippen molar-refractivity contribution in [2.24, 2.45) is 0 Å². The molecule has 0 heterocycles. The third kappa shape index (κ3) is 3.25. The van der Waals surface area contributed by atoms with Gasteiger partial charge in [-0.05, 0) is 24.6 Å². The predicted molar refractivity (Wildman–Crippen MR) is 85.8 cm³/mol. The van der Waals surface area contributed by atoms with Crippen LogP contribution >= 0.6 is 11.6 Å². The molecule has 6 heteroatoms. The van der Waals surface area contributed by atoms with E-state index in [0.29, 0.717) is 16.4 Å². The minimum atomic E-state index is -0.451. The number of anilines is 2. The fourth-order valence-corrected chi connectivity index (χ4v) is 2.47. The highest BCUT2D eigenvalue weighted by atomic mass is 35.5. The number of nitro benzene ring substituents is 1. The van der Waals surface area contributed by atoms with Crippen LogP contribution < -0.4 is 10.6 Å². The Labute approximate surface area is 128 Å². The molecule has 0 aromatic heterocycles. The Morgan fingerprint density at radius 1 is 1.29 bits per heavy atom. The first-order chi connectivity index (χ1) is 9.90. The molecule has 0 aliphatic rings. The summed E-state index contributed by atoms with van der Waals surface area (Å²) < 4.78 is 0. The number of nitrogens with zero attached hydrogens (tertiary/aromatic N) is 2. The molecule has 0 bridgehead atoms. The van der Waals surface area contributed by atoms with Crippen molar-refractivity contribution < 1.29 is 4.92 Å². The van der Waals surface area contributed by atoms with E-state index in [1.165, 1.54) is 12.1 Å². The maximum Gasteiger partial charge on any atom is 0.273 e. The summed E-state index contributed by atoms with van der Waals surface area (Å²) in [6, 6.07) is 12.0. The molecule has 2 aromatic rings. The minimum Gasteiger partial charge on any atom is -0.398 e. The van der Waals surface area contributed by atoms with E-state index >= 15 is 0 Å². The van der Waals surface area contributed by atoms with Gasteiger partial charge in [-0.3, -0.25) is 10.1 Å². The van der Waals surface area contributed by atoms with Crippen LogP contribution in [0.4, 0.5) is 17.1 Å². The maximum absolute atomic E-state index is 10.9. The maximum atomic E-state index is 10.9.